The first-order valence-electron chi connectivity index (χ1n) is 8.45. The van der Waals surface area contributed by atoms with Gasteiger partial charge in [0.15, 0.2) is 23.3 Å². The lowest BCUT2D eigenvalue weighted by Crippen LogP contribution is -2.19. The number of hydrogen-bond donors (Lipinski definition) is 1. The molecule has 0 unspecified atom stereocenters. The molecule has 0 spiro atoms. The number of nitrogens with one attached hydrogen (secondary N) is 1. The van der Waals surface area contributed by atoms with E-state index in [1.165, 1.54) is 26.0 Å². The molecule has 0 aromatic heterocycles. The van der Waals surface area contributed by atoms with E-state index in [1.807, 2.05) is 6.07 Å². The molecule has 30 heavy (non-hydrogen) atoms. The predicted molar refractivity (Wildman–Crippen MR) is 121 cm³/mol. The lowest BCUT2D eigenvalue weighted by molar-refractivity contribution is -0.115. The van der Waals surface area contributed by atoms with E-state index < -0.39 is 0 Å². The van der Waals surface area contributed by atoms with Crippen LogP contribution < -0.4 is 19.5 Å². The molecule has 1 fully saturated rings. The molecule has 154 valence electrons. The molecule has 1 amide bonds. The molecule has 1 heterocycles. The van der Waals surface area contributed by atoms with Gasteiger partial charge in [-0.1, -0.05) is 11.6 Å². The molecule has 0 bridgehead atoms. The maximum atomic E-state index is 12.4. The van der Waals surface area contributed by atoms with Gasteiger partial charge in [0.1, 0.15) is 17.5 Å². The lowest BCUT2D eigenvalue weighted by Gasteiger charge is -2.11. The Morgan fingerprint density at radius 2 is 2.03 bits per heavy atom. The zero-order valence-corrected chi connectivity index (χ0v) is 19.0. The topological polar surface area (TPSA) is 92.9 Å². The van der Waals surface area contributed by atoms with Crippen molar-refractivity contribution in [2.24, 2.45) is 4.99 Å². The third-order valence-corrected chi connectivity index (χ3v) is 5.58. The van der Waals surface area contributed by atoms with Crippen molar-refractivity contribution < 1.29 is 19.0 Å². The quantitative estimate of drug-likeness (QED) is 0.557. The van der Waals surface area contributed by atoms with Crippen LogP contribution in [-0.2, 0) is 4.79 Å². The summed E-state index contributed by atoms with van der Waals surface area (Å²) in [6.45, 7) is -0.111. The van der Waals surface area contributed by atoms with E-state index in [-0.39, 0.29) is 12.5 Å². The van der Waals surface area contributed by atoms with Crippen LogP contribution in [0.5, 0.6) is 17.2 Å². The first-order valence-corrected chi connectivity index (χ1v) is 10.4. The number of benzene rings is 2. The number of carbonyl (C=O) groups is 1. The first-order chi connectivity index (χ1) is 14.4. The smallest absolute Gasteiger partial charge is 0.264 e. The summed E-state index contributed by atoms with van der Waals surface area (Å²) in [5.41, 5.74) is 1.22. The van der Waals surface area contributed by atoms with Gasteiger partial charge in [-0.3, -0.25) is 4.79 Å². The Kier molecular flexibility index (Phi) is 7.26. The summed E-state index contributed by atoms with van der Waals surface area (Å²) in [5.74, 6) is 1.12. The molecular weight excluding hydrogens is 494 g/mol. The fraction of sp³-hybridized carbons (Fsp3) is 0.150. The van der Waals surface area contributed by atoms with Gasteiger partial charge in [-0.25, -0.2) is 4.99 Å². The highest BCUT2D eigenvalue weighted by molar-refractivity contribution is 9.10. The third kappa shape index (κ3) is 5.08. The molecule has 10 heteroatoms. The van der Waals surface area contributed by atoms with Gasteiger partial charge in [0, 0.05) is 5.02 Å². The molecule has 2 aromatic carbocycles. The molecule has 1 aliphatic heterocycles. The van der Waals surface area contributed by atoms with Crippen molar-refractivity contribution in [3.63, 3.8) is 0 Å². The molecule has 1 N–H and O–H groups in total. The van der Waals surface area contributed by atoms with E-state index in [2.05, 4.69) is 26.2 Å². The summed E-state index contributed by atoms with van der Waals surface area (Å²) in [4.78, 5) is 17.3. The Bertz CT molecular complexity index is 1100. The van der Waals surface area contributed by atoms with Gasteiger partial charge >= 0.3 is 0 Å². The standard InChI is InChI=1S/C20H15BrClN3O4S/c1-27-15-4-3-12(22)10-14(15)24-20-25-19(26)17(30-20)9-11-7-13(21)18(29-6-5-23)16(8-11)28-2/h3-4,7-10H,6H2,1-2H3,(H,24,25,26)/b17-9-. The Balaban J connectivity index is 1.89. The number of thioether (sulfide) groups is 1. The lowest BCUT2D eigenvalue weighted by atomic mass is 10.2. The Hall–Kier alpha value is -2.67. The number of amides is 1. The van der Waals surface area contributed by atoms with Crippen molar-refractivity contribution >= 4 is 62.1 Å². The van der Waals surface area contributed by atoms with E-state index >= 15 is 0 Å². The highest BCUT2D eigenvalue weighted by atomic mass is 79.9. The normalized spacial score (nSPS) is 15.8. The highest BCUT2D eigenvalue weighted by Gasteiger charge is 2.24. The summed E-state index contributed by atoms with van der Waals surface area (Å²) >= 11 is 10.6. The Morgan fingerprint density at radius 3 is 2.73 bits per heavy atom. The average Bonchev–Trinajstić information content (AvgIpc) is 3.05. The number of halogens is 2. The minimum Gasteiger partial charge on any atom is -0.494 e. The monoisotopic (exact) mass is 507 g/mol. The second-order valence-electron chi connectivity index (χ2n) is 5.78. The van der Waals surface area contributed by atoms with Crippen molar-refractivity contribution in [3.05, 3.63) is 50.3 Å². The van der Waals surface area contributed by atoms with Gasteiger partial charge in [0.05, 0.1) is 23.6 Å². The number of methoxy groups -OCH3 is 2. The van der Waals surface area contributed by atoms with Gasteiger partial charge in [-0.05, 0) is 69.7 Å². The molecule has 0 aliphatic carbocycles. The molecule has 0 radical (unpaired) electrons. The van der Waals surface area contributed by atoms with Crippen molar-refractivity contribution in [3.8, 4) is 23.3 Å². The van der Waals surface area contributed by atoms with Crippen LogP contribution in [0.1, 0.15) is 5.56 Å². The SMILES string of the molecule is COc1ccc(Cl)cc1N=C1NC(=O)/C(=C/c2cc(Br)c(OCC#N)c(OC)c2)S1. The average molecular weight is 509 g/mol. The van der Waals surface area contributed by atoms with Crippen LogP contribution in [0.15, 0.2) is 44.7 Å². The second kappa shape index (κ2) is 9.89. The molecular formula is C20H15BrClN3O4S. The molecule has 7 nitrogen and oxygen atoms in total. The van der Waals surface area contributed by atoms with Crippen molar-refractivity contribution in [2.45, 2.75) is 0 Å². The van der Waals surface area contributed by atoms with Crippen molar-refractivity contribution in [1.29, 1.82) is 5.26 Å². The minimum atomic E-state index is -0.278. The molecule has 1 aliphatic rings. The largest absolute Gasteiger partial charge is 0.494 e. The zero-order chi connectivity index (χ0) is 21.7. The molecule has 0 atom stereocenters. The number of aliphatic imine (C=N–C) groups is 1. The summed E-state index contributed by atoms with van der Waals surface area (Å²) in [6.07, 6.45) is 1.71. The fourth-order valence-corrected chi connectivity index (χ4v) is 4.13. The summed E-state index contributed by atoms with van der Waals surface area (Å²) < 4.78 is 16.6. The number of ether oxygens (including phenoxy) is 3. The molecule has 0 saturated carbocycles. The number of amidine groups is 1. The van der Waals surface area contributed by atoms with E-state index in [1.54, 1.807) is 36.4 Å². The predicted octanol–water partition coefficient (Wildman–Crippen LogP) is 4.91. The number of nitrogens with zero attached hydrogens (tertiary/aromatic N) is 2. The van der Waals surface area contributed by atoms with Crippen LogP contribution in [0.4, 0.5) is 5.69 Å². The molecule has 3 rings (SSSR count). The van der Waals surface area contributed by atoms with Gasteiger partial charge in [-0.15, -0.1) is 0 Å². The second-order valence-corrected chi connectivity index (χ2v) is 8.10. The van der Waals surface area contributed by atoms with Crippen LogP contribution in [0, 0.1) is 11.3 Å². The van der Waals surface area contributed by atoms with E-state index in [0.717, 1.165) is 0 Å². The van der Waals surface area contributed by atoms with Crippen LogP contribution in [0.25, 0.3) is 6.08 Å². The Morgan fingerprint density at radius 1 is 1.27 bits per heavy atom. The maximum absolute atomic E-state index is 12.4. The summed E-state index contributed by atoms with van der Waals surface area (Å²) in [7, 11) is 3.03. The minimum absolute atomic E-state index is 0.111. The van der Waals surface area contributed by atoms with E-state index in [4.69, 9.17) is 31.1 Å². The van der Waals surface area contributed by atoms with Crippen LogP contribution in [0.2, 0.25) is 5.02 Å². The number of carbonyl (C=O) groups excluding carboxylic acids is 1. The number of hydrogen-bond acceptors (Lipinski definition) is 7. The highest BCUT2D eigenvalue weighted by Crippen LogP contribution is 2.39. The van der Waals surface area contributed by atoms with Gasteiger partial charge < -0.3 is 19.5 Å². The van der Waals surface area contributed by atoms with E-state index in [9.17, 15) is 4.79 Å². The first kappa shape index (κ1) is 22.0. The van der Waals surface area contributed by atoms with Crippen LogP contribution in [-0.4, -0.2) is 31.9 Å². The van der Waals surface area contributed by atoms with Crippen LogP contribution >= 0.6 is 39.3 Å². The van der Waals surface area contributed by atoms with E-state index in [0.29, 0.717) is 48.1 Å². The Labute approximate surface area is 190 Å². The molecule has 1 saturated heterocycles. The molecule has 2 aromatic rings. The summed E-state index contributed by atoms with van der Waals surface area (Å²) in [5, 5.41) is 12.4. The third-order valence-electron chi connectivity index (χ3n) is 3.84. The van der Waals surface area contributed by atoms with Gasteiger partial charge in [0.2, 0.25) is 0 Å². The fourth-order valence-electron chi connectivity index (χ4n) is 2.56. The van der Waals surface area contributed by atoms with Crippen molar-refractivity contribution in [1.82, 2.24) is 5.32 Å². The number of nitriles is 1. The van der Waals surface area contributed by atoms with Gasteiger partial charge in [0.25, 0.3) is 5.91 Å². The van der Waals surface area contributed by atoms with Gasteiger partial charge in [-0.2, -0.15) is 5.26 Å². The summed E-state index contributed by atoms with van der Waals surface area (Å²) in [6, 6.07) is 10.5. The zero-order valence-electron chi connectivity index (χ0n) is 15.9. The van der Waals surface area contributed by atoms with Crippen molar-refractivity contribution in [2.75, 3.05) is 20.8 Å². The number of rotatable bonds is 6. The maximum Gasteiger partial charge on any atom is 0.264 e. The van der Waals surface area contributed by atoms with Crippen LogP contribution in [0.3, 0.4) is 0 Å².